The molecule has 5 N–H and O–H groups in total. The second-order valence-corrected chi connectivity index (χ2v) is 7.70. The molecular formula is C24H18ClN5O5. The summed E-state index contributed by atoms with van der Waals surface area (Å²) in [6.07, 6.45) is -0.822. The van der Waals surface area contributed by atoms with Crippen molar-refractivity contribution in [2.75, 3.05) is 10.9 Å². The third kappa shape index (κ3) is 5.28. The van der Waals surface area contributed by atoms with Crippen LogP contribution in [0.4, 0.5) is 11.4 Å². The molecule has 1 aliphatic rings. The zero-order valence-electron chi connectivity index (χ0n) is 17.9. The van der Waals surface area contributed by atoms with Crippen LogP contribution >= 0.6 is 11.6 Å². The Morgan fingerprint density at radius 2 is 1.34 bits per heavy atom. The Balaban J connectivity index is 1.66. The molecule has 0 radical (unpaired) electrons. The summed E-state index contributed by atoms with van der Waals surface area (Å²) in [4.78, 5) is 22.1. The van der Waals surface area contributed by atoms with Crippen molar-refractivity contribution < 1.29 is 24.5 Å². The van der Waals surface area contributed by atoms with E-state index in [1.165, 1.54) is 36.4 Å². The Bertz CT molecular complexity index is 1350. The molecule has 176 valence electrons. The maximum atomic E-state index is 11.1. The molecule has 1 fully saturated rings. The first kappa shape index (κ1) is 23.5. The van der Waals surface area contributed by atoms with Crippen LogP contribution < -0.4 is 10.9 Å². The van der Waals surface area contributed by atoms with Crippen molar-refractivity contribution in [2.45, 2.75) is 6.10 Å². The predicted octanol–water partition coefficient (Wildman–Crippen LogP) is 4.72. The standard InChI is InChI=1S/C24H18ClN5O5/c25-18-4-2-1-3-17(18)21-19(29-27-15-9-5-13(6-10-15)23(31)32)20(22(26)35-21)30-28-16-11-7-14(8-12-16)24(33)34/h1-12,21,26-28H,(H,31,32)(H,33,34)/b26-22?,29-19+,30-20+/t21-/m0/s1. The summed E-state index contributed by atoms with van der Waals surface area (Å²) in [5.41, 5.74) is 7.83. The molecular weight excluding hydrogens is 474 g/mol. The molecule has 1 aliphatic heterocycles. The molecule has 0 amide bonds. The number of carbonyl (C=O) groups is 2. The number of aromatic carboxylic acids is 2. The summed E-state index contributed by atoms with van der Waals surface area (Å²) in [6, 6.07) is 18.9. The average Bonchev–Trinajstić information content (AvgIpc) is 3.16. The van der Waals surface area contributed by atoms with Crippen molar-refractivity contribution in [3.8, 4) is 0 Å². The normalized spacial score (nSPS) is 17.3. The smallest absolute Gasteiger partial charge is 0.335 e. The van der Waals surface area contributed by atoms with Crippen LogP contribution in [0.15, 0.2) is 83.0 Å². The van der Waals surface area contributed by atoms with Crippen LogP contribution in [0.25, 0.3) is 0 Å². The lowest BCUT2D eigenvalue weighted by molar-refractivity contribution is 0.0686. The Kier molecular flexibility index (Phi) is 6.74. The predicted molar refractivity (Wildman–Crippen MR) is 132 cm³/mol. The highest BCUT2D eigenvalue weighted by Crippen LogP contribution is 2.32. The Morgan fingerprint density at radius 1 is 0.829 bits per heavy atom. The van der Waals surface area contributed by atoms with Crippen LogP contribution in [0.3, 0.4) is 0 Å². The van der Waals surface area contributed by atoms with E-state index in [1.807, 2.05) is 0 Å². The fourth-order valence-corrected chi connectivity index (χ4v) is 3.44. The first-order valence-electron chi connectivity index (χ1n) is 10.2. The molecule has 3 aromatic carbocycles. The van der Waals surface area contributed by atoms with E-state index in [1.54, 1.807) is 36.4 Å². The molecule has 0 saturated carbocycles. The molecule has 0 aliphatic carbocycles. The zero-order valence-corrected chi connectivity index (χ0v) is 18.7. The second-order valence-electron chi connectivity index (χ2n) is 7.29. The van der Waals surface area contributed by atoms with Crippen LogP contribution in [0.1, 0.15) is 32.4 Å². The molecule has 10 nitrogen and oxygen atoms in total. The number of hydrazone groups is 2. The summed E-state index contributed by atoms with van der Waals surface area (Å²) in [5, 5.41) is 35.5. The van der Waals surface area contributed by atoms with Crippen LogP contribution in [0.5, 0.6) is 0 Å². The molecule has 35 heavy (non-hydrogen) atoms. The highest BCUT2D eigenvalue weighted by atomic mass is 35.5. The molecule has 3 aromatic rings. The van der Waals surface area contributed by atoms with Crippen molar-refractivity contribution in [2.24, 2.45) is 10.2 Å². The molecule has 11 heteroatoms. The number of nitrogens with zero attached hydrogens (tertiary/aromatic N) is 2. The summed E-state index contributed by atoms with van der Waals surface area (Å²) >= 11 is 6.36. The molecule has 1 saturated heterocycles. The molecule has 1 heterocycles. The van der Waals surface area contributed by atoms with Gasteiger partial charge in [0, 0.05) is 10.6 Å². The van der Waals surface area contributed by atoms with Crippen LogP contribution in [-0.4, -0.2) is 39.5 Å². The van der Waals surface area contributed by atoms with Crippen molar-refractivity contribution >= 4 is 52.2 Å². The summed E-state index contributed by atoms with van der Waals surface area (Å²) in [6.45, 7) is 0. The largest absolute Gasteiger partial charge is 0.478 e. The van der Waals surface area contributed by atoms with Gasteiger partial charge in [-0.3, -0.25) is 16.3 Å². The van der Waals surface area contributed by atoms with Gasteiger partial charge in [0.25, 0.3) is 0 Å². The van der Waals surface area contributed by atoms with Gasteiger partial charge in [-0.25, -0.2) is 9.59 Å². The fourth-order valence-electron chi connectivity index (χ4n) is 3.21. The van der Waals surface area contributed by atoms with Gasteiger partial charge in [0.15, 0.2) is 11.8 Å². The number of carboxylic acid groups (broad SMARTS) is 2. The highest BCUT2D eigenvalue weighted by molar-refractivity contribution is 6.70. The Hall–Kier alpha value is -4.70. The van der Waals surface area contributed by atoms with Crippen LogP contribution in [0, 0.1) is 5.41 Å². The number of halogens is 1. The average molecular weight is 492 g/mol. The van der Waals surface area contributed by atoms with Gasteiger partial charge in [0.05, 0.1) is 22.5 Å². The Labute approximate surface area is 204 Å². The number of nitrogens with one attached hydrogen (secondary N) is 3. The van der Waals surface area contributed by atoms with Crippen molar-refractivity contribution in [3.05, 3.63) is 94.5 Å². The first-order valence-corrected chi connectivity index (χ1v) is 10.6. The maximum Gasteiger partial charge on any atom is 0.335 e. The van der Waals surface area contributed by atoms with Gasteiger partial charge in [-0.05, 0) is 54.6 Å². The lowest BCUT2D eigenvalue weighted by atomic mass is 10.0. The number of hydrogen-bond acceptors (Lipinski definition) is 8. The van der Waals surface area contributed by atoms with E-state index in [0.717, 1.165) is 0 Å². The minimum atomic E-state index is -1.05. The lowest BCUT2D eigenvalue weighted by Crippen LogP contribution is -2.20. The zero-order chi connectivity index (χ0) is 24.9. The van der Waals surface area contributed by atoms with E-state index >= 15 is 0 Å². The minimum absolute atomic E-state index is 0.104. The molecule has 4 rings (SSSR count). The van der Waals surface area contributed by atoms with Crippen molar-refractivity contribution in [1.29, 1.82) is 5.41 Å². The summed E-state index contributed by atoms with van der Waals surface area (Å²) in [5.74, 6) is -2.34. The van der Waals surface area contributed by atoms with Crippen molar-refractivity contribution in [1.82, 2.24) is 0 Å². The van der Waals surface area contributed by atoms with E-state index < -0.39 is 18.0 Å². The minimum Gasteiger partial charge on any atom is -0.478 e. The van der Waals surface area contributed by atoms with Gasteiger partial charge in [0.2, 0.25) is 5.90 Å². The number of rotatable bonds is 7. The van der Waals surface area contributed by atoms with Gasteiger partial charge in [-0.1, -0.05) is 29.8 Å². The van der Waals surface area contributed by atoms with Crippen LogP contribution in [-0.2, 0) is 4.74 Å². The van der Waals surface area contributed by atoms with Crippen LogP contribution in [0.2, 0.25) is 5.02 Å². The van der Waals surface area contributed by atoms with E-state index in [2.05, 4.69) is 21.1 Å². The monoisotopic (exact) mass is 491 g/mol. The SMILES string of the molecule is N=C1O[C@@H](c2ccccc2Cl)C(=N/Nc2ccc(C(=O)O)cc2)/C1=N\Nc1ccc(C(=O)O)cc1. The van der Waals surface area contributed by atoms with Gasteiger partial charge in [-0.2, -0.15) is 10.2 Å². The maximum absolute atomic E-state index is 11.1. The Morgan fingerprint density at radius 3 is 1.86 bits per heavy atom. The highest BCUT2D eigenvalue weighted by Gasteiger charge is 2.38. The number of benzene rings is 3. The third-order valence-electron chi connectivity index (χ3n) is 5.00. The van der Waals surface area contributed by atoms with Gasteiger partial charge < -0.3 is 14.9 Å². The lowest BCUT2D eigenvalue weighted by Gasteiger charge is -2.12. The van der Waals surface area contributed by atoms with Gasteiger partial charge in [-0.15, -0.1) is 0 Å². The van der Waals surface area contributed by atoms with Gasteiger partial charge in [0.1, 0.15) is 5.71 Å². The number of hydrogen-bond donors (Lipinski definition) is 5. The molecule has 0 unspecified atom stereocenters. The second kappa shape index (κ2) is 10.1. The number of anilines is 2. The van der Waals surface area contributed by atoms with Gasteiger partial charge >= 0.3 is 11.9 Å². The van der Waals surface area contributed by atoms with E-state index in [0.29, 0.717) is 22.0 Å². The topological polar surface area (TPSA) is 156 Å². The van der Waals surface area contributed by atoms with E-state index in [-0.39, 0.29) is 28.4 Å². The molecule has 0 spiro atoms. The van der Waals surface area contributed by atoms with E-state index in [4.69, 9.17) is 32.0 Å². The first-order chi connectivity index (χ1) is 16.8. The summed E-state index contributed by atoms with van der Waals surface area (Å²) in [7, 11) is 0. The summed E-state index contributed by atoms with van der Waals surface area (Å²) < 4.78 is 5.73. The number of carboxylic acids is 2. The number of ether oxygens (including phenoxy) is 1. The fraction of sp³-hybridized carbons (Fsp3) is 0.0417. The molecule has 0 bridgehead atoms. The van der Waals surface area contributed by atoms with E-state index in [9.17, 15) is 9.59 Å². The molecule has 0 aromatic heterocycles. The quantitative estimate of drug-likeness (QED) is 0.299. The molecule has 1 atom stereocenters. The third-order valence-corrected chi connectivity index (χ3v) is 5.34. The van der Waals surface area contributed by atoms with Crippen molar-refractivity contribution in [3.63, 3.8) is 0 Å².